The molecule has 28 heavy (non-hydrogen) atoms. The highest BCUT2D eigenvalue weighted by atomic mass is 127. The molecular weight excluding hydrogens is 469 g/mol. The molecule has 0 spiro atoms. The smallest absolute Gasteiger partial charge is 0.167 e. The van der Waals surface area contributed by atoms with Crippen molar-refractivity contribution in [1.82, 2.24) is 14.7 Å². The lowest BCUT2D eigenvalue weighted by molar-refractivity contribution is -0.188. The average molecular weight is 493 g/mol. The van der Waals surface area contributed by atoms with Crippen LogP contribution in [-0.4, -0.2) is 27.6 Å². The van der Waals surface area contributed by atoms with Gasteiger partial charge in [-0.3, -0.25) is 0 Å². The molecular formula is C21H24IN3O3. The van der Waals surface area contributed by atoms with E-state index in [0.717, 1.165) is 54.4 Å². The van der Waals surface area contributed by atoms with Gasteiger partial charge in [-0.1, -0.05) is 17.3 Å². The number of benzene rings is 1. The molecule has 1 saturated heterocycles. The number of halogens is 1. The van der Waals surface area contributed by atoms with Crippen LogP contribution in [0.25, 0.3) is 11.3 Å². The second-order valence-corrected chi connectivity index (χ2v) is 8.38. The fourth-order valence-electron chi connectivity index (χ4n) is 3.43. The first-order valence-electron chi connectivity index (χ1n) is 9.61. The number of nitrogens with zero attached hydrogens (tertiary/aromatic N) is 3. The highest BCUT2D eigenvalue weighted by Crippen LogP contribution is 2.25. The Balaban J connectivity index is 1.48. The number of ether oxygens (including phenoxy) is 2. The first kappa shape index (κ1) is 19.6. The van der Waals surface area contributed by atoms with Crippen LogP contribution < -0.4 is 0 Å². The number of hydrogen-bond donors (Lipinski definition) is 0. The van der Waals surface area contributed by atoms with E-state index >= 15 is 0 Å². The summed E-state index contributed by atoms with van der Waals surface area (Å²) in [5.41, 5.74) is 2.83. The highest BCUT2D eigenvalue weighted by Gasteiger charge is 2.22. The molecule has 1 aliphatic rings. The lowest BCUT2D eigenvalue weighted by atomic mass is 10.1. The molecule has 6 nitrogen and oxygen atoms in total. The summed E-state index contributed by atoms with van der Waals surface area (Å²) in [5, 5.41) is 4.24. The zero-order chi connectivity index (χ0) is 19.5. The Labute approximate surface area is 178 Å². The van der Waals surface area contributed by atoms with E-state index in [1.807, 2.05) is 38.2 Å². The molecule has 0 bridgehead atoms. The molecule has 2 aromatic heterocycles. The van der Waals surface area contributed by atoms with Gasteiger partial charge in [-0.15, -0.1) is 0 Å². The largest absolute Gasteiger partial charge is 0.356 e. The number of rotatable bonds is 6. The Hall–Kier alpha value is -1.71. The lowest BCUT2D eigenvalue weighted by Gasteiger charge is -2.26. The summed E-state index contributed by atoms with van der Waals surface area (Å²) in [6.45, 7) is 5.37. The average Bonchev–Trinajstić information content (AvgIpc) is 3.30. The van der Waals surface area contributed by atoms with Crippen LogP contribution in [0, 0.1) is 10.5 Å². The third-order valence-corrected chi connectivity index (χ3v) is 5.52. The van der Waals surface area contributed by atoms with Gasteiger partial charge in [-0.05, 0) is 67.8 Å². The summed E-state index contributed by atoms with van der Waals surface area (Å²) >= 11 is 2.29. The van der Waals surface area contributed by atoms with Crippen molar-refractivity contribution in [2.45, 2.75) is 52.0 Å². The maximum absolute atomic E-state index is 6.10. The molecule has 0 radical (unpaired) electrons. The van der Waals surface area contributed by atoms with E-state index in [9.17, 15) is 0 Å². The second-order valence-electron chi connectivity index (χ2n) is 7.13. The van der Waals surface area contributed by atoms with Gasteiger partial charge in [0.25, 0.3) is 0 Å². The molecule has 0 aliphatic carbocycles. The van der Waals surface area contributed by atoms with E-state index in [2.05, 4.69) is 49.4 Å². The summed E-state index contributed by atoms with van der Waals surface area (Å²) in [4.78, 5) is 4.67. The first-order chi connectivity index (χ1) is 13.6. The van der Waals surface area contributed by atoms with E-state index in [0.29, 0.717) is 6.54 Å². The molecule has 7 heteroatoms. The van der Waals surface area contributed by atoms with Gasteiger partial charge in [0, 0.05) is 28.0 Å². The van der Waals surface area contributed by atoms with Crippen LogP contribution in [0.3, 0.4) is 0 Å². The van der Waals surface area contributed by atoms with Gasteiger partial charge < -0.3 is 18.6 Å². The Kier molecular flexibility index (Phi) is 6.13. The Morgan fingerprint density at radius 2 is 2.11 bits per heavy atom. The van der Waals surface area contributed by atoms with Crippen LogP contribution in [0.15, 0.2) is 41.1 Å². The van der Waals surface area contributed by atoms with Crippen molar-refractivity contribution >= 4 is 22.6 Å². The maximum atomic E-state index is 6.10. The minimum absolute atomic E-state index is 0.145. The van der Waals surface area contributed by atoms with Crippen LogP contribution in [0.4, 0.5) is 0 Å². The summed E-state index contributed by atoms with van der Waals surface area (Å²) in [7, 11) is 0. The number of aryl methyl sites for hydroxylation is 1. The summed E-state index contributed by atoms with van der Waals surface area (Å²) in [5.74, 6) is 1.65. The molecule has 1 fully saturated rings. The van der Waals surface area contributed by atoms with E-state index < -0.39 is 0 Å². The van der Waals surface area contributed by atoms with Gasteiger partial charge in [0.2, 0.25) is 0 Å². The third-order valence-electron chi connectivity index (χ3n) is 4.81. The molecule has 2 atom stereocenters. The zero-order valence-corrected chi connectivity index (χ0v) is 18.3. The predicted molar refractivity (Wildman–Crippen MR) is 114 cm³/mol. The lowest BCUT2D eigenvalue weighted by Crippen LogP contribution is -2.24. The molecule has 2 unspecified atom stereocenters. The second kappa shape index (κ2) is 8.75. The van der Waals surface area contributed by atoms with Crippen LogP contribution >= 0.6 is 22.6 Å². The first-order valence-corrected chi connectivity index (χ1v) is 10.7. The quantitative estimate of drug-likeness (QED) is 0.447. The predicted octanol–water partition coefficient (Wildman–Crippen LogP) is 5.10. The van der Waals surface area contributed by atoms with E-state index in [4.69, 9.17) is 14.0 Å². The van der Waals surface area contributed by atoms with Crippen molar-refractivity contribution in [2.24, 2.45) is 0 Å². The number of aromatic nitrogens is 3. The van der Waals surface area contributed by atoms with E-state index in [-0.39, 0.29) is 12.4 Å². The highest BCUT2D eigenvalue weighted by molar-refractivity contribution is 14.1. The third kappa shape index (κ3) is 4.64. The number of imidazole rings is 1. The molecule has 0 amide bonds. The zero-order valence-electron chi connectivity index (χ0n) is 16.1. The van der Waals surface area contributed by atoms with Gasteiger partial charge in [0.05, 0.1) is 12.2 Å². The van der Waals surface area contributed by atoms with Gasteiger partial charge in [0.1, 0.15) is 17.6 Å². The Bertz CT molecular complexity index is 913. The number of hydrogen-bond acceptors (Lipinski definition) is 5. The van der Waals surface area contributed by atoms with Crippen molar-refractivity contribution in [3.05, 3.63) is 57.3 Å². The fourth-order valence-corrected chi connectivity index (χ4v) is 3.79. The standard InChI is InChI=1S/C21H24IN3O3/c1-14-12-25(21(23-14)15(2)27-20-5-3-4-10-26-20)13-18-11-19(28-24-18)16-6-8-17(22)9-7-16/h6-9,11-12,15,20H,3-5,10,13H2,1-2H3. The van der Waals surface area contributed by atoms with Crippen LogP contribution in [0.2, 0.25) is 0 Å². The van der Waals surface area contributed by atoms with Gasteiger partial charge in [-0.2, -0.15) is 0 Å². The monoisotopic (exact) mass is 493 g/mol. The minimum atomic E-state index is -0.153. The Morgan fingerprint density at radius 1 is 1.29 bits per heavy atom. The van der Waals surface area contributed by atoms with Crippen molar-refractivity contribution < 1.29 is 14.0 Å². The normalized spacial score (nSPS) is 18.3. The molecule has 3 heterocycles. The van der Waals surface area contributed by atoms with Crippen LogP contribution in [0.1, 0.15) is 49.5 Å². The van der Waals surface area contributed by atoms with Gasteiger partial charge in [0.15, 0.2) is 12.1 Å². The van der Waals surface area contributed by atoms with Crippen molar-refractivity contribution in [2.75, 3.05) is 6.61 Å². The van der Waals surface area contributed by atoms with Gasteiger partial charge in [-0.25, -0.2) is 4.98 Å². The molecule has 0 saturated carbocycles. The molecule has 1 aromatic carbocycles. The topological polar surface area (TPSA) is 62.3 Å². The molecule has 148 valence electrons. The van der Waals surface area contributed by atoms with E-state index in [1.165, 1.54) is 3.57 Å². The fraction of sp³-hybridized carbons (Fsp3) is 0.429. The maximum Gasteiger partial charge on any atom is 0.167 e. The van der Waals surface area contributed by atoms with Crippen LogP contribution in [-0.2, 0) is 16.0 Å². The SMILES string of the molecule is Cc1cn(Cc2cc(-c3ccc(I)cc3)on2)c(C(C)OC2CCCCO2)n1. The summed E-state index contributed by atoms with van der Waals surface area (Å²) in [6, 6.07) is 10.2. The summed E-state index contributed by atoms with van der Waals surface area (Å²) < 4.78 is 20.6. The minimum Gasteiger partial charge on any atom is -0.356 e. The molecule has 1 aliphatic heterocycles. The molecule has 0 N–H and O–H groups in total. The van der Waals surface area contributed by atoms with Crippen LogP contribution in [0.5, 0.6) is 0 Å². The van der Waals surface area contributed by atoms with E-state index in [1.54, 1.807) is 0 Å². The Morgan fingerprint density at radius 3 is 2.86 bits per heavy atom. The van der Waals surface area contributed by atoms with Crippen molar-refractivity contribution in [1.29, 1.82) is 0 Å². The van der Waals surface area contributed by atoms with Crippen molar-refractivity contribution in [3.63, 3.8) is 0 Å². The summed E-state index contributed by atoms with van der Waals surface area (Å²) in [6.07, 6.45) is 4.92. The molecule has 4 rings (SSSR count). The van der Waals surface area contributed by atoms with Crippen molar-refractivity contribution in [3.8, 4) is 11.3 Å². The van der Waals surface area contributed by atoms with Gasteiger partial charge >= 0.3 is 0 Å². The molecule has 3 aromatic rings.